The molecule has 1 N–H and O–H groups in total. The standard InChI is InChI=1S/C19H28N2O5S/c1-13(2)18(22)20-17-12-19(17)7-9-21(10-8-19)27(23,24)14-5-6-15(25-3)16(11-14)26-4/h5-6,11,13,17H,7-10,12H2,1-4H3,(H,20,22). The minimum Gasteiger partial charge on any atom is -0.493 e. The Morgan fingerprint density at radius 1 is 1.19 bits per heavy atom. The number of nitrogens with zero attached hydrogens (tertiary/aromatic N) is 1. The second-order valence-corrected chi connectivity index (χ2v) is 9.64. The molecule has 1 aromatic carbocycles. The first-order valence-electron chi connectivity index (χ1n) is 9.26. The Balaban J connectivity index is 1.67. The maximum Gasteiger partial charge on any atom is 0.243 e. The van der Waals surface area contributed by atoms with Crippen molar-refractivity contribution in [3.63, 3.8) is 0 Å². The number of carbonyl (C=O) groups is 1. The largest absolute Gasteiger partial charge is 0.493 e. The number of ether oxygens (including phenoxy) is 2. The van der Waals surface area contributed by atoms with Gasteiger partial charge in [-0.2, -0.15) is 4.31 Å². The first-order valence-corrected chi connectivity index (χ1v) is 10.7. The van der Waals surface area contributed by atoms with Crippen LogP contribution in [0.25, 0.3) is 0 Å². The molecule has 0 bridgehead atoms. The highest BCUT2D eigenvalue weighted by Gasteiger charge is 2.56. The molecule has 0 aromatic heterocycles. The van der Waals surface area contributed by atoms with Crippen molar-refractivity contribution in [1.29, 1.82) is 0 Å². The summed E-state index contributed by atoms with van der Waals surface area (Å²) < 4.78 is 37.9. The second kappa shape index (κ2) is 7.31. The minimum atomic E-state index is -3.59. The third-order valence-electron chi connectivity index (χ3n) is 5.74. The summed E-state index contributed by atoms with van der Waals surface area (Å²) in [5.41, 5.74) is 0.0637. The van der Waals surface area contributed by atoms with E-state index in [2.05, 4.69) is 5.32 Å². The highest BCUT2D eigenvalue weighted by atomic mass is 32.2. The molecule has 2 aliphatic rings. The SMILES string of the molecule is COc1ccc(S(=O)(=O)N2CCC3(CC2)CC3NC(=O)C(C)C)cc1OC. The first-order chi connectivity index (χ1) is 12.7. The number of sulfonamides is 1. The second-order valence-electron chi connectivity index (χ2n) is 7.70. The molecule has 1 amide bonds. The van der Waals surface area contributed by atoms with Gasteiger partial charge in [0, 0.05) is 31.1 Å². The maximum atomic E-state index is 13.0. The predicted octanol–water partition coefficient (Wildman–Crippen LogP) is 2.02. The molecule has 7 nitrogen and oxygen atoms in total. The van der Waals surface area contributed by atoms with Crippen molar-refractivity contribution < 1.29 is 22.7 Å². The van der Waals surface area contributed by atoms with Crippen LogP contribution in [0.1, 0.15) is 33.1 Å². The lowest BCUT2D eigenvalue weighted by Gasteiger charge is -2.32. The lowest BCUT2D eigenvalue weighted by molar-refractivity contribution is -0.124. The molecule has 27 heavy (non-hydrogen) atoms. The summed E-state index contributed by atoms with van der Waals surface area (Å²) in [6.07, 6.45) is 2.47. The molecule has 1 spiro atoms. The van der Waals surface area contributed by atoms with Gasteiger partial charge in [-0.05, 0) is 36.8 Å². The quantitative estimate of drug-likeness (QED) is 0.795. The highest BCUT2D eigenvalue weighted by Crippen LogP contribution is 2.54. The molecular formula is C19H28N2O5S. The molecule has 1 atom stereocenters. The van der Waals surface area contributed by atoms with Gasteiger partial charge in [-0.15, -0.1) is 0 Å². The molecule has 1 aromatic rings. The number of benzene rings is 1. The number of carbonyl (C=O) groups excluding carboxylic acids is 1. The van der Waals surface area contributed by atoms with E-state index in [1.807, 2.05) is 13.8 Å². The fourth-order valence-electron chi connectivity index (χ4n) is 3.74. The average Bonchev–Trinajstić information content (AvgIpc) is 3.31. The van der Waals surface area contributed by atoms with Crippen LogP contribution in [0.3, 0.4) is 0 Å². The number of piperidine rings is 1. The van der Waals surface area contributed by atoms with Crippen molar-refractivity contribution >= 4 is 15.9 Å². The maximum absolute atomic E-state index is 13.0. The van der Waals surface area contributed by atoms with Crippen LogP contribution in [-0.4, -0.2) is 52.0 Å². The van der Waals surface area contributed by atoms with Crippen molar-refractivity contribution in [2.45, 2.75) is 44.0 Å². The number of nitrogens with one attached hydrogen (secondary N) is 1. The van der Waals surface area contributed by atoms with Crippen LogP contribution >= 0.6 is 0 Å². The Morgan fingerprint density at radius 2 is 1.81 bits per heavy atom. The van der Waals surface area contributed by atoms with E-state index in [4.69, 9.17) is 9.47 Å². The Hall–Kier alpha value is -1.80. The zero-order valence-electron chi connectivity index (χ0n) is 16.3. The van der Waals surface area contributed by atoms with Crippen molar-refractivity contribution in [3.8, 4) is 11.5 Å². The summed E-state index contributed by atoms with van der Waals surface area (Å²) in [5.74, 6) is 0.923. The van der Waals surface area contributed by atoms with Gasteiger partial charge in [-0.1, -0.05) is 13.8 Å². The first kappa shape index (κ1) is 19.9. The Labute approximate surface area is 161 Å². The topological polar surface area (TPSA) is 84.9 Å². The number of rotatable bonds is 6. The molecule has 8 heteroatoms. The van der Waals surface area contributed by atoms with Gasteiger partial charge in [0.15, 0.2) is 11.5 Å². The molecule has 1 saturated heterocycles. The summed E-state index contributed by atoms with van der Waals surface area (Å²) in [7, 11) is -0.588. The van der Waals surface area contributed by atoms with Gasteiger partial charge in [-0.3, -0.25) is 4.79 Å². The van der Waals surface area contributed by atoms with E-state index in [0.717, 1.165) is 19.3 Å². The van der Waals surface area contributed by atoms with Crippen molar-refractivity contribution in [2.24, 2.45) is 11.3 Å². The fourth-order valence-corrected chi connectivity index (χ4v) is 5.20. The number of methoxy groups -OCH3 is 2. The summed E-state index contributed by atoms with van der Waals surface area (Å²) in [4.78, 5) is 12.1. The van der Waals surface area contributed by atoms with Crippen LogP contribution in [0.2, 0.25) is 0 Å². The zero-order chi connectivity index (χ0) is 19.8. The van der Waals surface area contributed by atoms with Gasteiger partial charge in [0.2, 0.25) is 15.9 Å². The molecular weight excluding hydrogens is 368 g/mol. The van der Waals surface area contributed by atoms with Crippen LogP contribution in [0, 0.1) is 11.3 Å². The van der Waals surface area contributed by atoms with Crippen molar-refractivity contribution in [1.82, 2.24) is 9.62 Å². The van der Waals surface area contributed by atoms with E-state index in [1.54, 1.807) is 12.1 Å². The monoisotopic (exact) mass is 396 g/mol. The third-order valence-corrected chi connectivity index (χ3v) is 7.64. The Morgan fingerprint density at radius 3 is 2.37 bits per heavy atom. The van der Waals surface area contributed by atoms with E-state index < -0.39 is 10.0 Å². The molecule has 1 aliphatic heterocycles. The number of amides is 1. The zero-order valence-corrected chi connectivity index (χ0v) is 17.1. The van der Waals surface area contributed by atoms with Crippen molar-refractivity contribution in [3.05, 3.63) is 18.2 Å². The van der Waals surface area contributed by atoms with Crippen LogP contribution in [-0.2, 0) is 14.8 Å². The van der Waals surface area contributed by atoms with Gasteiger partial charge in [0.1, 0.15) is 0 Å². The van der Waals surface area contributed by atoms with Gasteiger partial charge in [0.05, 0.1) is 19.1 Å². The molecule has 1 heterocycles. The lowest BCUT2D eigenvalue weighted by Crippen LogP contribution is -2.42. The van der Waals surface area contributed by atoms with E-state index in [0.29, 0.717) is 24.6 Å². The lowest BCUT2D eigenvalue weighted by atomic mass is 9.94. The van der Waals surface area contributed by atoms with Crippen LogP contribution in [0.5, 0.6) is 11.5 Å². The van der Waals surface area contributed by atoms with Crippen LogP contribution < -0.4 is 14.8 Å². The van der Waals surface area contributed by atoms with E-state index in [9.17, 15) is 13.2 Å². The molecule has 1 unspecified atom stereocenters. The summed E-state index contributed by atoms with van der Waals surface area (Å²) >= 11 is 0. The van der Waals surface area contributed by atoms with Gasteiger partial charge >= 0.3 is 0 Å². The van der Waals surface area contributed by atoms with Gasteiger partial charge < -0.3 is 14.8 Å². The third kappa shape index (κ3) is 3.78. The molecule has 1 aliphatic carbocycles. The van der Waals surface area contributed by atoms with Crippen molar-refractivity contribution in [2.75, 3.05) is 27.3 Å². The van der Waals surface area contributed by atoms with Crippen LogP contribution in [0.4, 0.5) is 0 Å². The molecule has 0 radical (unpaired) electrons. The average molecular weight is 397 g/mol. The normalized spacial score (nSPS) is 21.9. The minimum absolute atomic E-state index is 0.0341. The van der Waals surface area contributed by atoms with Gasteiger partial charge in [-0.25, -0.2) is 8.42 Å². The highest BCUT2D eigenvalue weighted by molar-refractivity contribution is 7.89. The smallest absolute Gasteiger partial charge is 0.243 e. The molecule has 150 valence electrons. The molecule has 1 saturated carbocycles. The Bertz CT molecular complexity index is 813. The molecule has 3 rings (SSSR count). The van der Waals surface area contributed by atoms with E-state index in [1.165, 1.54) is 24.6 Å². The van der Waals surface area contributed by atoms with E-state index >= 15 is 0 Å². The predicted molar refractivity (Wildman–Crippen MR) is 101 cm³/mol. The molecule has 2 fully saturated rings. The summed E-state index contributed by atoms with van der Waals surface area (Å²) in [5, 5.41) is 3.09. The van der Waals surface area contributed by atoms with Crippen LogP contribution in [0.15, 0.2) is 23.1 Å². The number of hydrogen-bond donors (Lipinski definition) is 1. The number of hydrogen-bond acceptors (Lipinski definition) is 5. The van der Waals surface area contributed by atoms with E-state index in [-0.39, 0.29) is 28.2 Å². The fraction of sp³-hybridized carbons (Fsp3) is 0.632. The summed E-state index contributed by atoms with van der Waals surface area (Å²) in [6.45, 7) is 4.68. The summed E-state index contributed by atoms with van der Waals surface area (Å²) in [6, 6.07) is 4.83. The van der Waals surface area contributed by atoms with Gasteiger partial charge in [0.25, 0.3) is 0 Å². The Kier molecular flexibility index (Phi) is 5.40.